The van der Waals surface area contributed by atoms with Crippen LogP contribution in [0.2, 0.25) is 0 Å². The second-order valence-electron chi connectivity index (χ2n) is 6.20. The molecular weight excluding hydrogens is 236 g/mol. The molecule has 1 heterocycles. The second kappa shape index (κ2) is 5.24. The largest absolute Gasteiger partial charge is 0.497 e. The van der Waals surface area contributed by atoms with Gasteiger partial charge in [0.15, 0.2) is 0 Å². The lowest BCUT2D eigenvalue weighted by Gasteiger charge is -2.32. The van der Waals surface area contributed by atoms with Crippen LogP contribution in [0.5, 0.6) is 5.75 Å². The van der Waals surface area contributed by atoms with Crippen LogP contribution in [0.1, 0.15) is 27.2 Å². The Bertz CT molecular complexity index is 469. The molecule has 0 aliphatic carbocycles. The van der Waals surface area contributed by atoms with Crippen LogP contribution in [0.3, 0.4) is 0 Å². The summed E-state index contributed by atoms with van der Waals surface area (Å²) in [6, 6.07) is 8.35. The first-order chi connectivity index (χ1) is 8.93. The first-order valence-electron chi connectivity index (χ1n) is 6.93. The number of anilines is 1. The zero-order chi connectivity index (χ0) is 14.0. The molecule has 0 N–H and O–H groups in total. The van der Waals surface area contributed by atoms with Gasteiger partial charge in [0.05, 0.1) is 32.7 Å². The number of ether oxygens (including phenoxy) is 1. The van der Waals surface area contributed by atoms with Crippen molar-refractivity contribution in [3.05, 3.63) is 24.3 Å². The van der Waals surface area contributed by atoms with Gasteiger partial charge in [-0.05, 0) is 45.0 Å². The average Bonchev–Trinajstić information content (AvgIpc) is 2.37. The molecule has 0 amide bonds. The van der Waals surface area contributed by atoms with Crippen LogP contribution < -0.4 is 9.64 Å². The number of nitrogens with zero attached hydrogens (tertiary/aromatic N) is 2. The quantitative estimate of drug-likeness (QED) is 0.761. The molecule has 1 aliphatic rings. The lowest BCUT2D eigenvalue weighted by molar-refractivity contribution is -0.505. The van der Waals surface area contributed by atoms with Gasteiger partial charge < -0.3 is 4.74 Å². The molecule has 0 saturated carbocycles. The summed E-state index contributed by atoms with van der Waals surface area (Å²) in [5.74, 6) is 2.30. The molecule has 3 heteroatoms. The van der Waals surface area contributed by atoms with Gasteiger partial charge in [-0.3, -0.25) is 4.58 Å². The van der Waals surface area contributed by atoms with E-state index in [1.165, 1.54) is 17.9 Å². The fourth-order valence-electron chi connectivity index (χ4n) is 2.87. The summed E-state index contributed by atoms with van der Waals surface area (Å²) in [6.07, 6.45) is 1.20. The minimum atomic E-state index is 0.148. The summed E-state index contributed by atoms with van der Waals surface area (Å²) in [4.78, 5) is 2.43. The Morgan fingerprint density at radius 3 is 2.32 bits per heavy atom. The third kappa shape index (κ3) is 2.91. The smallest absolute Gasteiger partial charge is 0.257 e. The Morgan fingerprint density at radius 2 is 1.79 bits per heavy atom. The van der Waals surface area contributed by atoms with Gasteiger partial charge >= 0.3 is 0 Å². The molecular formula is C16H25N2O+. The third-order valence-corrected chi connectivity index (χ3v) is 3.55. The molecule has 1 aromatic carbocycles. The Labute approximate surface area is 116 Å². The third-order valence-electron chi connectivity index (χ3n) is 3.55. The van der Waals surface area contributed by atoms with Crippen LogP contribution in [-0.2, 0) is 0 Å². The van der Waals surface area contributed by atoms with E-state index in [-0.39, 0.29) is 5.41 Å². The predicted octanol–water partition coefficient (Wildman–Crippen LogP) is 2.99. The van der Waals surface area contributed by atoms with Gasteiger partial charge in [-0.25, -0.2) is 4.90 Å². The lowest BCUT2D eigenvalue weighted by Crippen LogP contribution is -2.49. The minimum Gasteiger partial charge on any atom is -0.497 e. The SMILES string of the molecule is COc1ccc(N2CCC[N+](C)=C2C(C)(C)C)cc1. The summed E-state index contributed by atoms with van der Waals surface area (Å²) in [6.45, 7) is 9.06. The van der Waals surface area contributed by atoms with Gasteiger partial charge in [0.25, 0.3) is 5.84 Å². The highest BCUT2D eigenvalue weighted by atomic mass is 16.5. The number of benzene rings is 1. The summed E-state index contributed by atoms with van der Waals surface area (Å²) in [5.41, 5.74) is 1.40. The van der Waals surface area contributed by atoms with E-state index < -0.39 is 0 Å². The van der Waals surface area contributed by atoms with Crippen molar-refractivity contribution in [1.82, 2.24) is 0 Å². The Hall–Kier alpha value is -1.51. The monoisotopic (exact) mass is 261 g/mol. The van der Waals surface area contributed by atoms with E-state index in [9.17, 15) is 0 Å². The van der Waals surface area contributed by atoms with Gasteiger partial charge in [0.2, 0.25) is 0 Å². The lowest BCUT2D eigenvalue weighted by atomic mass is 9.92. The molecule has 0 spiro atoms. The van der Waals surface area contributed by atoms with Crippen LogP contribution >= 0.6 is 0 Å². The van der Waals surface area contributed by atoms with Crippen LogP contribution in [0.4, 0.5) is 5.69 Å². The highest BCUT2D eigenvalue weighted by Crippen LogP contribution is 2.27. The van der Waals surface area contributed by atoms with Gasteiger partial charge in [-0.1, -0.05) is 0 Å². The van der Waals surface area contributed by atoms with Crippen molar-refractivity contribution in [2.24, 2.45) is 5.41 Å². The molecule has 0 bridgehead atoms. The predicted molar refractivity (Wildman–Crippen MR) is 80.5 cm³/mol. The molecule has 2 rings (SSSR count). The first kappa shape index (κ1) is 13.9. The van der Waals surface area contributed by atoms with Crippen LogP contribution in [0.15, 0.2) is 24.3 Å². The molecule has 1 aliphatic heterocycles. The van der Waals surface area contributed by atoms with E-state index in [4.69, 9.17) is 4.74 Å². The summed E-state index contributed by atoms with van der Waals surface area (Å²) in [7, 11) is 3.90. The zero-order valence-electron chi connectivity index (χ0n) is 12.7. The molecule has 0 radical (unpaired) electrons. The molecule has 0 fully saturated rings. The van der Waals surface area contributed by atoms with Crippen molar-refractivity contribution >= 4 is 11.5 Å². The molecule has 104 valence electrons. The van der Waals surface area contributed by atoms with Crippen molar-refractivity contribution in [2.45, 2.75) is 27.2 Å². The van der Waals surface area contributed by atoms with Crippen molar-refractivity contribution in [3.8, 4) is 5.75 Å². The summed E-state index contributed by atoms with van der Waals surface area (Å²) >= 11 is 0. The van der Waals surface area contributed by atoms with Crippen molar-refractivity contribution in [1.29, 1.82) is 0 Å². The number of hydrogen-bond donors (Lipinski definition) is 0. The number of methoxy groups -OCH3 is 1. The van der Waals surface area contributed by atoms with Gasteiger partial charge in [0, 0.05) is 6.42 Å². The highest BCUT2D eigenvalue weighted by molar-refractivity contribution is 5.98. The Kier molecular flexibility index (Phi) is 3.83. The maximum Gasteiger partial charge on any atom is 0.257 e. The molecule has 0 aromatic heterocycles. The fraction of sp³-hybridized carbons (Fsp3) is 0.562. The standard InChI is InChI=1S/C16H25N2O/c1-16(2,3)15-17(4)11-6-12-18(15)13-7-9-14(19-5)10-8-13/h7-10H,6,11-12H2,1-5H3/q+1. The van der Waals surface area contributed by atoms with E-state index in [1.807, 2.05) is 12.1 Å². The fourth-order valence-corrected chi connectivity index (χ4v) is 2.87. The van der Waals surface area contributed by atoms with Crippen LogP contribution in [0, 0.1) is 5.41 Å². The maximum absolute atomic E-state index is 5.24. The first-order valence-corrected chi connectivity index (χ1v) is 6.93. The summed E-state index contributed by atoms with van der Waals surface area (Å²) in [5, 5.41) is 0. The van der Waals surface area contributed by atoms with Crippen LogP contribution in [0.25, 0.3) is 0 Å². The van der Waals surface area contributed by atoms with Crippen molar-refractivity contribution in [3.63, 3.8) is 0 Å². The highest BCUT2D eigenvalue weighted by Gasteiger charge is 2.36. The number of amidine groups is 1. The topological polar surface area (TPSA) is 15.5 Å². The summed E-state index contributed by atoms with van der Waals surface area (Å²) < 4.78 is 7.62. The molecule has 19 heavy (non-hydrogen) atoms. The Morgan fingerprint density at radius 1 is 1.16 bits per heavy atom. The molecule has 1 aromatic rings. The molecule has 3 nitrogen and oxygen atoms in total. The van der Waals surface area contributed by atoms with Gasteiger partial charge in [0.1, 0.15) is 11.4 Å². The van der Waals surface area contributed by atoms with E-state index in [2.05, 4.69) is 49.4 Å². The van der Waals surface area contributed by atoms with E-state index >= 15 is 0 Å². The second-order valence-corrected chi connectivity index (χ2v) is 6.20. The minimum absolute atomic E-state index is 0.148. The van der Waals surface area contributed by atoms with Crippen molar-refractivity contribution in [2.75, 3.05) is 32.1 Å². The van der Waals surface area contributed by atoms with Gasteiger partial charge in [-0.2, -0.15) is 0 Å². The number of rotatable bonds is 2. The zero-order valence-corrected chi connectivity index (χ0v) is 12.7. The molecule has 0 atom stereocenters. The molecule has 0 unspecified atom stereocenters. The van der Waals surface area contributed by atoms with Gasteiger partial charge in [-0.15, -0.1) is 0 Å². The van der Waals surface area contributed by atoms with Crippen molar-refractivity contribution < 1.29 is 9.31 Å². The van der Waals surface area contributed by atoms with Crippen LogP contribution in [-0.4, -0.2) is 37.7 Å². The maximum atomic E-state index is 5.24. The average molecular weight is 261 g/mol. The van der Waals surface area contributed by atoms with E-state index in [0.29, 0.717) is 0 Å². The Balaban J connectivity index is 2.38. The molecule has 0 saturated heterocycles. The van der Waals surface area contributed by atoms with E-state index in [0.717, 1.165) is 18.8 Å². The number of hydrogen-bond acceptors (Lipinski definition) is 2. The normalized spacial score (nSPS) is 16.8. The van der Waals surface area contributed by atoms with E-state index in [1.54, 1.807) is 7.11 Å².